The Morgan fingerprint density at radius 2 is 1.72 bits per heavy atom. The molecule has 2 aromatic rings. The van der Waals surface area contributed by atoms with Crippen molar-refractivity contribution in [2.45, 2.75) is 24.8 Å². The van der Waals surface area contributed by atoms with Gasteiger partial charge in [0.05, 0.1) is 0 Å². The monoisotopic (exact) mass is 265 g/mol. The van der Waals surface area contributed by atoms with Gasteiger partial charge >= 0.3 is 10.1 Å². The fourth-order valence-electron chi connectivity index (χ4n) is 1.81. The molecule has 0 saturated carbocycles. The predicted molar refractivity (Wildman–Crippen MR) is 69.7 cm³/mol. The van der Waals surface area contributed by atoms with Gasteiger partial charge in [-0.2, -0.15) is 8.42 Å². The molecule has 4 nitrogen and oxygen atoms in total. The average molecular weight is 265 g/mol. The molecule has 0 spiro atoms. The summed E-state index contributed by atoms with van der Waals surface area (Å²) in [5.41, 5.74) is 1.89. The summed E-state index contributed by atoms with van der Waals surface area (Å²) in [5.74, 6) is 0.421. The Kier molecular flexibility index (Phi) is 3.28. The zero-order valence-corrected chi connectivity index (χ0v) is 11.1. The highest BCUT2D eigenvalue weighted by Gasteiger charge is 2.15. The molecular formula is C13H15NO3S. The first kappa shape index (κ1) is 12.9. The average Bonchev–Trinajstić information content (AvgIpc) is 2.77. The lowest BCUT2D eigenvalue weighted by Crippen LogP contribution is -2.06. The summed E-state index contributed by atoms with van der Waals surface area (Å²) in [6.07, 6.45) is 1.60. The zero-order chi connectivity index (χ0) is 13.3. The lowest BCUT2D eigenvalue weighted by molar-refractivity contribution is 0.477. The summed E-state index contributed by atoms with van der Waals surface area (Å²) in [5, 5.41) is -0.125. The van der Waals surface area contributed by atoms with Crippen LogP contribution in [0.3, 0.4) is 0 Å². The van der Waals surface area contributed by atoms with Gasteiger partial charge in [-0.15, -0.1) is 0 Å². The fourth-order valence-corrected chi connectivity index (χ4v) is 2.47. The van der Waals surface area contributed by atoms with Crippen molar-refractivity contribution < 1.29 is 13.0 Å². The standard InChI is InChI=1S/C13H15NO3S/c1-10(2)11-5-7-12(8-6-11)14-9-3-4-13(14)18(15,16)17/h3-10H,1-2H3,(H,15,16,17). The van der Waals surface area contributed by atoms with E-state index < -0.39 is 10.1 Å². The molecule has 0 saturated heterocycles. The Morgan fingerprint density at radius 3 is 2.22 bits per heavy atom. The summed E-state index contributed by atoms with van der Waals surface area (Å²) in [7, 11) is -4.20. The maximum atomic E-state index is 11.2. The van der Waals surface area contributed by atoms with E-state index in [9.17, 15) is 8.42 Å². The Bertz CT molecular complexity index is 639. The van der Waals surface area contributed by atoms with E-state index in [4.69, 9.17) is 4.55 Å². The van der Waals surface area contributed by atoms with Gasteiger partial charge < -0.3 is 4.57 Å². The van der Waals surface area contributed by atoms with Gasteiger partial charge in [-0.25, -0.2) is 0 Å². The second kappa shape index (κ2) is 4.59. The number of rotatable bonds is 3. The molecule has 0 amide bonds. The van der Waals surface area contributed by atoms with Crippen LogP contribution in [0.1, 0.15) is 25.3 Å². The molecular weight excluding hydrogens is 250 g/mol. The van der Waals surface area contributed by atoms with Crippen LogP contribution in [0.2, 0.25) is 0 Å². The van der Waals surface area contributed by atoms with Crippen LogP contribution in [0.15, 0.2) is 47.6 Å². The van der Waals surface area contributed by atoms with Crippen LogP contribution in [0.25, 0.3) is 5.69 Å². The molecule has 0 unspecified atom stereocenters. The number of aromatic nitrogens is 1. The van der Waals surface area contributed by atoms with Crippen LogP contribution in [-0.2, 0) is 10.1 Å². The Balaban J connectivity index is 2.47. The third-order valence-electron chi connectivity index (χ3n) is 2.81. The predicted octanol–water partition coefficient (Wildman–Crippen LogP) is 2.85. The second-order valence-electron chi connectivity index (χ2n) is 4.44. The van der Waals surface area contributed by atoms with Crippen LogP contribution in [0, 0.1) is 0 Å². The van der Waals surface area contributed by atoms with E-state index >= 15 is 0 Å². The summed E-state index contributed by atoms with van der Waals surface area (Å²) < 4.78 is 33.0. The molecule has 0 bridgehead atoms. The normalized spacial score (nSPS) is 12.0. The maximum absolute atomic E-state index is 11.2. The van der Waals surface area contributed by atoms with Crippen LogP contribution in [-0.4, -0.2) is 17.5 Å². The minimum atomic E-state index is -4.20. The molecule has 0 fully saturated rings. The number of nitrogens with zero attached hydrogens (tertiary/aromatic N) is 1. The zero-order valence-electron chi connectivity index (χ0n) is 10.2. The summed E-state index contributed by atoms with van der Waals surface area (Å²) in [4.78, 5) is 0. The molecule has 1 aromatic heterocycles. The number of hydrogen-bond donors (Lipinski definition) is 1. The van der Waals surface area contributed by atoms with Crippen LogP contribution < -0.4 is 0 Å². The molecule has 0 aliphatic carbocycles. The van der Waals surface area contributed by atoms with Gasteiger partial charge in [0.25, 0.3) is 0 Å². The molecule has 1 aromatic carbocycles. The quantitative estimate of drug-likeness (QED) is 0.868. The van der Waals surface area contributed by atoms with Gasteiger partial charge in [-0.1, -0.05) is 26.0 Å². The van der Waals surface area contributed by atoms with Crippen molar-refractivity contribution in [3.63, 3.8) is 0 Å². The van der Waals surface area contributed by atoms with E-state index in [0.29, 0.717) is 11.6 Å². The van der Waals surface area contributed by atoms with E-state index in [1.54, 1.807) is 12.3 Å². The summed E-state index contributed by atoms with van der Waals surface area (Å²) >= 11 is 0. The highest BCUT2D eigenvalue weighted by Crippen LogP contribution is 2.20. The Hall–Kier alpha value is -1.59. The van der Waals surface area contributed by atoms with E-state index in [-0.39, 0.29) is 5.03 Å². The second-order valence-corrected chi connectivity index (χ2v) is 5.81. The molecule has 96 valence electrons. The molecule has 0 atom stereocenters. The van der Waals surface area contributed by atoms with Crippen LogP contribution in [0.4, 0.5) is 0 Å². The molecule has 18 heavy (non-hydrogen) atoms. The van der Waals surface area contributed by atoms with Crippen molar-refractivity contribution in [2.24, 2.45) is 0 Å². The van der Waals surface area contributed by atoms with Gasteiger partial charge in [-0.05, 0) is 35.7 Å². The van der Waals surface area contributed by atoms with Crippen molar-refractivity contribution >= 4 is 10.1 Å². The lowest BCUT2D eigenvalue weighted by Gasteiger charge is -2.09. The minimum Gasteiger partial charge on any atom is -0.306 e. The fraction of sp³-hybridized carbons (Fsp3) is 0.231. The van der Waals surface area contributed by atoms with Gasteiger partial charge in [0.1, 0.15) is 0 Å². The Morgan fingerprint density at radius 1 is 1.11 bits per heavy atom. The highest BCUT2D eigenvalue weighted by molar-refractivity contribution is 7.85. The first-order valence-corrected chi connectivity index (χ1v) is 7.09. The SMILES string of the molecule is CC(C)c1ccc(-n2cccc2S(=O)(=O)O)cc1. The largest absolute Gasteiger partial charge is 0.310 e. The third-order valence-corrected chi connectivity index (χ3v) is 3.67. The summed E-state index contributed by atoms with van der Waals surface area (Å²) in [6.45, 7) is 4.18. The van der Waals surface area contributed by atoms with Crippen molar-refractivity contribution in [1.29, 1.82) is 0 Å². The number of hydrogen-bond acceptors (Lipinski definition) is 2. The molecule has 1 N–H and O–H groups in total. The van der Waals surface area contributed by atoms with E-state index in [0.717, 1.165) is 0 Å². The molecule has 1 heterocycles. The lowest BCUT2D eigenvalue weighted by atomic mass is 10.0. The molecule has 0 radical (unpaired) electrons. The topological polar surface area (TPSA) is 59.3 Å². The van der Waals surface area contributed by atoms with Crippen LogP contribution >= 0.6 is 0 Å². The van der Waals surface area contributed by atoms with Gasteiger partial charge in [-0.3, -0.25) is 4.55 Å². The van der Waals surface area contributed by atoms with E-state index in [1.165, 1.54) is 16.2 Å². The molecule has 2 rings (SSSR count). The van der Waals surface area contributed by atoms with E-state index in [1.807, 2.05) is 24.3 Å². The minimum absolute atomic E-state index is 0.125. The van der Waals surface area contributed by atoms with Crippen LogP contribution in [0.5, 0.6) is 0 Å². The molecule has 5 heteroatoms. The highest BCUT2D eigenvalue weighted by atomic mass is 32.2. The first-order chi connectivity index (χ1) is 8.39. The Labute approximate surface area is 107 Å². The number of benzene rings is 1. The third kappa shape index (κ3) is 2.47. The van der Waals surface area contributed by atoms with Gasteiger partial charge in [0.2, 0.25) is 0 Å². The maximum Gasteiger partial charge on any atom is 0.310 e. The smallest absolute Gasteiger partial charge is 0.306 e. The molecule has 0 aliphatic heterocycles. The van der Waals surface area contributed by atoms with Crippen molar-refractivity contribution in [2.75, 3.05) is 0 Å². The van der Waals surface area contributed by atoms with E-state index in [2.05, 4.69) is 13.8 Å². The van der Waals surface area contributed by atoms with Gasteiger partial charge in [0, 0.05) is 11.9 Å². The van der Waals surface area contributed by atoms with Crippen molar-refractivity contribution in [1.82, 2.24) is 4.57 Å². The van der Waals surface area contributed by atoms with Crippen molar-refractivity contribution in [3.8, 4) is 5.69 Å². The summed E-state index contributed by atoms with van der Waals surface area (Å²) in [6, 6.07) is 10.5. The van der Waals surface area contributed by atoms with Crippen molar-refractivity contribution in [3.05, 3.63) is 48.2 Å². The van der Waals surface area contributed by atoms with Gasteiger partial charge in [0.15, 0.2) is 5.03 Å². The first-order valence-electron chi connectivity index (χ1n) is 5.65. The molecule has 0 aliphatic rings.